The first kappa shape index (κ1) is 17.0. The van der Waals surface area contributed by atoms with E-state index < -0.39 is 61.9 Å². The summed E-state index contributed by atoms with van der Waals surface area (Å²) in [7, 11) is 0. The second kappa shape index (κ2) is 6.38. The van der Waals surface area contributed by atoms with E-state index in [-0.39, 0.29) is 6.61 Å². The molecule has 10 nitrogen and oxygen atoms in total. The molecule has 0 radical (unpaired) electrons. The topological polar surface area (TPSA) is 169 Å². The number of aliphatic hydroxyl groups is 7. The van der Waals surface area contributed by atoms with Gasteiger partial charge in [0.15, 0.2) is 6.29 Å². The van der Waals surface area contributed by atoms with E-state index in [4.69, 9.17) is 19.3 Å². The van der Waals surface area contributed by atoms with Crippen LogP contribution in [0.1, 0.15) is 0 Å². The van der Waals surface area contributed by atoms with Crippen molar-refractivity contribution in [1.29, 1.82) is 0 Å². The first-order chi connectivity index (χ1) is 9.80. The molecule has 2 rings (SSSR count). The Bertz CT molecular complexity index is 352. The zero-order valence-corrected chi connectivity index (χ0v) is 11.0. The molecule has 2 fully saturated rings. The van der Waals surface area contributed by atoms with Crippen LogP contribution in [0, 0.1) is 0 Å². The highest BCUT2D eigenvalue weighted by atomic mass is 16.7. The summed E-state index contributed by atoms with van der Waals surface area (Å²) >= 11 is 0. The Morgan fingerprint density at radius 3 is 2.24 bits per heavy atom. The van der Waals surface area contributed by atoms with Gasteiger partial charge in [-0.15, -0.1) is 0 Å². The minimum atomic E-state index is -2.18. The van der Waals surface area contributed by atoms with Crippen molar-refractivity contribution in [2.24, 2.45) is 0 Å². The van der Waals surface area contributed by atoms with E-state index in [9.17, 15) is 30.6 Å². The van der Waals surface area contributed by atoms with Crippen LogP contribution in [0.15, 0.2) is 0 Å². The molecular formula is C11H20O10. The standard InChI is InChI=1S/C11H20O10/c12-1-5-6(14)7(15)8(16)10(21-5)19-3-11(18)9(17)4(13)2-20-11/h4-10,12-18H,1-3H2/t4-,5-,6+,7+,8-,9+,10-,11-/m1/s1. The third-order valence-corrected chi connectivity index (χ3v) is 3.63. The fraction of sp³-hybridized carbons (Fsp3) is 1.00. The number of aliphatic hydroxyl groups excluding tert-OH is 6. The van der Waals surface area contributed by atoms with Gasteiger partial charge in [0.2, 0.25) is 5.79 Å². The van der Waals surface area contributed by atoms with Gasteiger partial charge in [-0.05, 0) is 0 Å². The van der Waals surface area contributed by atoms with Crippen molar-refractivity contribution in [3.63, 3.8) is 0 Å². The molecule has 124 valence electrons. The lowest BCUT2D eigenvalue weighted by Crippen LogP contribution is -2.60. The summed E-state index contributed by atoms with van der Waals surface area (Å²) in [5.41, 5.74) is 0. The van der Waals surface area contributed by atoms with Gasteiger partial charge < -0.3 is 50.0 Å². The van der Waals surface area contributed by atoms with Gasteiger partial charge in [0.05, 0.1) is 13.2 Å². The van der Waals surface area contributed by atoms with E-state index in [0.717, 1.165) is 0 Å². The van der Waals surface area contributed by atoms with Crippen molar-refractivity contribution in [2.75, 3.05) is 19.8 Å². The number of hydrogen-bond donors (Lipinski definition) is 7. The summed E-state index contributed by atoms with van der Waals surface area (Å²) in [5.74, 6) is -2.18. The van der Waals surface area contributed by atoms with Gasteiger partial charge in [-0.1, -0.05) is 0 Å². The molecule has 0 saturated carbocycles. The molecule has 0 unspecified atom stereocenters. The van der Waals surface area contributed by atoms with Crippen molar-refractivity contribution in [3.8, 4) is 0 Å². The molecule has 8 atom stereocenters. The average molecular weight is 312 g/mol. The molecular weight excluding hydrogens is 292 g/mol. The van der Waals surface area contributed by atoms with Crippen LogP contribution >= 0.6 is 0 Å². The zero-order valence-electron chi connectivity index (χ0n) is 11.0. The molecule has 2 aliphatic heterocycles. The molecule has 0 amide bonds. The Kier molecular flexibility index (Phi) is 5.15. The number of ether oxygens (including phenoxy) is 3. The van der Waals surface area contributed by atoms with E-state index >= 15 is 0 Å². The quantitative estimate of drug-likeness (QED) is 0.267. The van der Waals surface area contributed by atoms with Gasteiger partial charge in [0.1, 0.15) is 43.2 Å². The van der Waals surface area contributed by atoms with Gasteiger partial charge in [-0.3, -0.25) is 0 Å². The molecule has 7 N–H and O–H groups in total. The Morgan fingerprint density at radius 1 is 1.05 bits per heavy atom. The van der Waals surface area contributed by atoms with E-state index in [1.807, 2.05) is 0 Å². The zero-order chi connectivity index (χ0) is 15.8. The first-order valence-corrected chi connectivity index (χ1v) is 6.44. The predicted octanol–water partition coefficient (Wildman–Crippen LogP) is -4.76. The van der Waals surface area contributed by atoms with Crippen LogP contribution < -0.4 is 0 Å². The van der Waals surface area contributed by atoms with Crippen LogP contribution in [0.5, 0.6) is 0 Å². The Hall–Kier alpha value is -0.400. The second-order valence-corrected chi connectivity index (χ2v) is 5.18. The van der Waals surface area contributed by atoms with Crippen LogP contribution in [0.3, 0.4) is 0 Å². The maximum atomic E-state index is 9.93. The van der Waals surface area contributed by atoms with Crippen LogP contribution in [0.4, 0.5) is 0 Å². The highest BCUT2D eigenvalue weighted by Crippen LogP contribution is 2.27. The highest BCUT2D eigenvalue weighted by molar-refractivity contribution is 4.92. The molecule has 0 bridgehead atoms. The van der Waals surface area contributed by atoms with Crippen molar-refractivity contribution in [2.45, 2.75) is 48.7 Å². The van der Waals surface area contributed by atoms with Gasteiger partial charge in [-0.25, -0.2) is 0 Å². The maximum absolute atomic E-state index is 9.93. The minimum absolute atomic E-state index is 0.296. The van der Waals surface area contributed by atoms with Gasteiger partial charge in [0, 0.05) is 0 Å². The molecule has 0 aromatic rings. The molecule has 0 aromatic heterocycles. The van der Waals surface area contributed by atoms with Gasteiger partial charge in [-0.2, -0.15) is 0 Å². The normalized spacial score (nSPS) is 51.3. The van der Waals surface area contributed by atoms with E-state index in [2.05, 4.69) is 0 Å². The summed E-state index contributed by atoms with van der Waals surface area (Å²) in [6, 6.07) is 0. The molecule has 2 heterocycles. The van der Waals surface area contributed by atoms with Gasteiger partial charge >= 0.3 is 0 Å². The third kappa shape index (κ3) is 3.19. The Balaban J connectivity index is 1.96. The van der Waals surface area contributed by atoms with Gasteiger partial charge in [0.25, 0.3) is 0 Å². The van der Waals surface area contributed by atoms with Crippen LogP contribution in [-0.2, 0) is 14.2 Å². The molecule has 10 heteroatoms. The van der Waals surface area contributed by atoms with Crippen molar-refractivity contribution < 1.29 is 50.0 Å². The van der Waals surface area contributed by atoms with Crippen LogP contribution in [-0.4, -0.2) is 104 Å². The maximum Gasteiger partial charge on any atom is 0.219 e. The van der Waals surface area contributed by atoms with Crippen molar-refractivity contribution >= 4 is 0 Å². The predicted molar refractivity (Wildman–Crippen MR) is 62.6 cm³/mol. The Labute approximate surface area is 119 Å². The summed E-state index contributed by atoms with van der Waals surface area (Å²) in [6.07, 6.45) is -10.3. The first-order valence-electron chi connectivity index (χ1n) is 6.44. The van der Waals surface area contributed by atoms with E-state index in [0.29, 0.717) is 0 Å². The summed E-state index contributed by atoms with van der Waals surface area (Å²) in [4.78, 5) is 0. The van der Waals surface area contributed by atoms with Crippen LogP contribution in [0.2, 0.25) is 0 Å². The molecule has 0 aliphatic carbocycles. The fourth-order valence-corrected chi connectivity index (χ4v) is 2.24. The molecule has 0 aromatic carbocycles. The largest absolute Gasteiger partial charge is 0.394 e. The number of hydrogen-bond acceptors (Lipinski definition) is 10. The third-order valence-electron chi connectivity index (χ3n) is 3.63. The summed E-state index contributed by atoms with van der Waals surface area (Å²) < 4.78 is 14.9. The smallest absolute Gasteiger partial charge is 0.219 e. The summed E-state index contributed by atoms with van der Waals surface area (Å²) in [6.45, 7) is -1.57. The molecule has 2 saturated heterocycles. The van der Waals surface area contributed by atoms with E-state index in [1.165, 1.54) is 0 Å². The van der Waals surface area contributed by atoms with E-state index in [1.54, 1.807) is 0 Å². The number of rotatable bonds is 4. The minimum Gasteiger partial charge on any atom is -0.394 e. The van der Waals surface area contributed by atoms with Crippen molar-refractivity contribution in [1.82, 2.24) is 0 Å². The second-order valence-electron chi connectivity index (χ2n) is 5.18. The Morgan fingerprint density at radius 2 is 1.71 bits per heavy atom. The SMILES string of the molecule is OC[C@H]1O[C@@H](OC[C@@]2(O)OC[C@@H](O)[C@@H]2O)[C@H](O)[C@@H](O)[C@H]1O. The summed E-state index contributed by atoms with van der Waals surface area (Å²) in [5, 5.41) is 66.7. The lowest BCUT2D eigenvalue weighted by molar-refractivity contribution is -0.329. The van der Waals surface area contributed by atoms with Crippen LogP contribution in [0.25, 0.3) is 0 Å². The highest BCUT2D eigenvalue weighted by Gasteiger charge is 2.50. The fourth-order valence-electron chi connectivity index (χ4n) is 2.24. The lowest BCUT2D eigenvalue weighted by Gasteiger charge is -2.40. The molecule has 0 spiro atoms. The monoisotopic (exact) mass is 312 g/mol. The lowest BCUT2D eigenvalue weighted by atomic mass is 9.99. The molecule has 21 heavy (non-hydrogen) atoms. The van der Waals surface area contributed by atoms with Crippen molar-refractivity contribution in [3.05, 3.63) is 0 Å². The molecule has 2 aliphatic rings. The average Bonchev–Trinajstić information content (AvgIpc) is 2.72.